The van der Waals surface area contributed by atoms with E-state index in [0.717, 1.165) is 0 Å². The largest absolute Gasteiger partial charge is 0.373 e. The third-order valence-corrected chi connectivity index (χ3v) is 3.03. The van der Waals surface area contributed by atoms with Crippen LogP contribution in [0.15, 0.2) is 22.9 Å². The number of nitrogens with one attached hydrogen (secondary N) is 2. The molecule has 0 spiro atoms. The quantitative estimate of drug-likeness (QED) is 0.903. The smallest absolute Gasteiger partial charge is 0.150 e. The molecule has 0 fully saturated rings. The number of aromatic nitrogens is 2. The first-order chi connectivity index (χ1) is 9.02. The SMILES string of the molecule is CNc1ncnc(Nc2c(F)cc(Br)cc2F)c1C. The van der Waals surface area contributed by atoms with Gasteiger partial charge in [-0.1, -0.05) is 15.9 Å². The second-order valence-electron chi connectivity index (χ2n) is 3.82. The molecule has 1 heterocycles. The Morgan fingerprint density at radius 3 is 2.26 bits per heavy atom. The average Bonchev–Trinajstić information content (AvgIpc) is 2.35. The molecule has 1 aromatic heterocycles. The second kappa shape index (κ2) is 5.48. The Labute approximate surface area is 117 Å². The van der Waals surface area contributed by atoms with Crippen LogP contribution < -0.4 is 10.6 Å². The summed E-state index contributed by atoms with van der Waals surface area (Å²) in [6.45, 7) is 1.75. The summed E-state index contributed by atoms with van der Waals surface area (Å²) in [5.74, 6) is -0.457. The van der Waals surface area contributed by atoms with E-state index in [1.807, 2.05) is 0 Å². The summed E-state index contributed by atoms with van der Waals surface area (Å²) in [6, 6.07) is 2.36. The van der Waals surface area contributed by atoms with Gasteiger partial charge in [-0.05, 0) is 19.1 Å². The molecule has 0 radical (unpaired) electrons. The van der Waals surface area contributed by atoms with Gasteiger partial charge in [0, 0.05) is 17.1 Å². The van der Waals surface area contributed by atoms with E-state index >= 15 is 0 Å². The van der Waals surface area contributed by atoms with Gasteiger partial charge >= 0.3 is 0 Å². The van der Waals surface area contributed by atoms with Gasteiger partial charge in [-0.3, -0.25) is 0 Å². The van der Waals surface area contributed by atoms with Gasteiger partial charge in [-0.15, -0.1) is 0 Å². The normalized spacial score (nSPS) is 10.4. The van der Waals surface area contributed by atoms with Gasteiger partial charge in [-0.2, -0.15) is 0 Å². The van der Waals surface area contributed by atoms with E-state index in [2.05, 4.69) is 36.5 Å². The maximum Gasteiger partial charge on any atom is 0.150 e. The molecule has 0 aliphatic rings. The van der Waals surface area contributed by atoms with Crippen molar-refractivity contribution in [3.05, 3.63) is 40.1 Å². The first-order valence-corrected chi connectivity index (χ1v) is 6.23. The van der Waals surface area contributed by atoms with Crippen LogP contribution in [-0.2, 0) is 0 Å². The molecule has 0 atom stereocenters. The number of anilines is 3. The van der Waals surface area contributed by atoms with Crippen LogP contribution in [0.3, 0.4) is 0 Å². The average molecular weight is 329 g/mol. The van der Waals surface area contributed by atoms with Gasteiger partial charge in [-0.25, -0.2) is 18.7 Å². The maximum absolute atomic E-state index is 13.7. The highest BCUT2D eigenvalue weighted by molar-refractivity contribution is 9.10. The predicted octanol–water partition coefficient (Wildman–Crippen LogP) is 3.61. The number of nitrogens with zero attached hydrogens (tertiary/aromatic N) is 2. The Kier molecular flexibility index (Phi) is 3.94. The van der Waals surface area contributed by atoms with E-state index in [-0.39, 0.29) is 5.69 Å². The summed E-state index contributed by atoms with van der Waals surface area (Å²) in [4.78, 5) is 7.98. The minimum absolute atomic E-state index is 0.243. The van der Waals surface area contributed by atoms with Gasteiger partial charge in [0.25, 0.3) is 0 Å². The highest BCUT2D eigenvalue weighted by Crippen LogP contribution is 2.28. The highest BCUT2D eigenvalue weighted by atomic mass is 79.9. The van der Waals surface area contributed by atoms with Crippen LogP contribution in [0.1, 0.15) is 5.56 Å². The van der Waals surface area contributed by atoms with Crippen molar-refractivity contribution in [3.63, 3.8) is 0 Å². The lowest BCUT2D eigenvalue weighted by molar-refractivity contribution is 0.589. The Hall–Kier alpha value is -1.76. The zero-order chi connectivity index (χ0) is 14.0. The van der Waals surface area contributed by atoms with E-state index in [1.54, 1.807) is 14.0 Å². The Morgan fingerprint density at radius 2 is 1.68 bits per heavy atom. The monoisotopic (exact) mass is 328 g/mol. The summed E-state index contributed by atoms with van der Waals surface area (Å²) in [6.07, 6.45) is 1.32. The molecule has 0 bridgehead atoms. The van der Waals surface area contributed by atoms with Crippen LogP contribution in [0, 0.1) is 18.6 Å². The first kappa shape index (κ1) is 13.7. The Balaban J connectivity index is 2.42. The molecule has 0 aliphatic heterocycles. The zero-order valence-corrected chi connectivity index (χ0v) is 11.8. The Bertz CT molecular complexity index is 596. The van der Waals surface area contributed by atoms with Gasteiger partial charge in [0.1, 0.15) is 23.7 Å². The summed E-state index contributed by atoms with van der Waals surface area (Å²) >= 11 is 3.03. The van der Waals surface area contributed by atoms with Gasteiger partial charge in [0.2, 0.25) is 0 Å². The molecule has 2 N–H and O–H groups in total. The molecule has 19 heavy (non-hydrogen) atoms. The molecule has 0 saturated carbocycles. The van der Waals surface area contributed by atoms with Crippen molar-refractivity contribution in [1.29, 1.82) is 0 Å². The number of hydrogen-bond acceptors (Lipinski definition) is 4. The summed E-state index contributed by atoms with van der Waals surface area (Å²) in [5, 5.41) is 5.52. The minimum atomic E-state index is -0.698. The van der Waals surface area contributed by atoms with Crippen LogP contribution in [0.5, 0.6) is 0 Å². The molecule has 4 nitrogen and oxygen atoms in total. The topological polar surface area (TPSA) is 49.8 Å². The van der Waals surface area contributed by atoms with Crippen molar-refractivity contribution in [1.82, 2.24) is 9.97 Å². The van der Waals surface area contributed by atoms with Crippen LogP contribution in [0.2, 0.25) is 0 Å². The zero-order valence-electron chi connectivity index (χ0n) is 10.3. The Morgan fingerprint density at radius 1 is 1.11 bits per heavy atom. The van der Waals surface area contributed by atoms with Crippen LogP contribution in [-0.4, -0.2) is 17.0 Å². The molecular formula is C12H11BrF2N4. The third-order valence-electron chi connectivity index (χ3n) is 2.57. The van der Waals surface area contributed by atoms with Crippen LogP contribution >= 0.6 is 15.9 Å². The van der Waals surface area contributed by atoms with Crippen molar-refractivity contribution in [3.8, 4) is 0 Å². The number of benzene rings is 1. The van der Waals surface area contributed by atoms with E-state index < -0.39 is 11.6 Å². The van der Waals surface area contributed by atoms with Crippen molar-refractivity contribution in [2.45, 2.75) is 6.92 Å². The molecule has 2 rings (SSSR count). The highest BCUT2D eigenvalue weighted by Gasteiger charge is 2.13. The number of rotatable bonds is 3. The second-order valence-corrected chi connectivity index (χ2v) is 4.73. The first-order valence-electron chi connectivity index (χ1n) is 5.44. The standard InChI is InChI=1S/C12H11BrF2N4/c1-6-11(16-2)17-5-18-12(6)19-10-8(14)3-7(13)4-9(10)15/h3-5H,1-2H3,(H2,16,17,18,19). The van der Waals surface area contributed by atoms with Crippen molar-refractivity contribution >= 4 is 33.3 Å². The molecule has 7 heteroatoms. The minimum Gasteiger partial charge on any atom is -0.373 e. The number of hydrogen-bond donors (Lipinski definition) is 2. The van der Waals surface area contributed by atoms with E-state index in [1.165, 1.54) is 18.5 Å². The fourth-order valence-electron chi connectivity index (χ4n) is 1.61. The molecule has 0 unspecified atom stereocenters. The lowest BCUT2D eigenvalue weighted by atomic mass is 10.2. The molecule has 0 amide bonds. The van der Waals surface area contributed by atoms with Crippen LogP contribution in [0.4, 0.5) is 26.1 Å². The maximum atomic E-state index is 13.7. The van der Waals surface area contributed by atoms with Gasteiger partial charge < -0.3 is 10.6 Å². The van der Waals surface area contributed by atoms with Crippen molar-refractivity contribution in [2.75, 3.05) is 17.7 Å². The summed E-state index contributed by atoms with van der Waals surface area (Å²) in [5.41, 5.74) is 0.429. The third kappa shape index (κ3) is 2.81. The summed E-state index contributed by atoms with van der Waals surface area (Å²) < 4.78 is 27.8. The van der Waals surface area contributed by atoms with Crippen molar-refractivity contribution < 1.29 is 8.78 Å². The van der Waals surface area contributed by atoms with Crippen LogP contribution in [0.25, 0.3) is 0 Å². The van der Waals surface area contributed by atoms with Gasteiger partial charge in [0.05, 0.1) is 0 Å². The molecule has 100 valence electrons. The lowest BCUT2D eigenvalue weighted by Crippen LogP contribution is -2.05. The number of halogens is 3. The van der Waals surface area contributed by atoms with Gasteiger partial charge in [0.15, 0.2) is 11.6 Å². The fourth-order valence-corrected chi connectivity index (χ4v) is 2.01. The molecule has 1 aromatic carbocycles. The van der Waals surface area contributed by atoms with Crippen molar-refractivity contribution in [2.24, 2.45) is 0 Å². The lowest BCUT2D eigenvalue weighted by Gasteiger charge is -2.12. The van der Waals surface area contributed by atoms with E-state index in [0.29, 0.717) is 21.7 Å². The fraction of sp³-hybridized carbons (Fsp3) is 0.167. The predicted molar refractivity (Wildman–Crippen MR) is 73.7 cm³/mol. The van der Waals surface area contributed by atoms with E-state index in [4.69, 9.17) is 0 Å². The van der Waals surface area contributed by atoms with E-state index in [9.17, 15) is 8.78 Å². The molecule has 0 aliphatic carbocycles. The molecular weight excluding hydrogens is 318 g/mol. The summed E-state index contributed by atoms with van der Waals surface area (Å²) in [7, 11) is 1.71. The molecule has 0 saturated heterocycles. The molecule has 2 aromatic rings.